The van der Waals surface area contributed by atoms with E-state index >= 15 is 0 Å². The second-order valence-electron chi connectivity index (χ2n) is 5.59. The van der Waals surface area contributed by atoms with E-state index in [2.05, 4.69) is 13.0 Å². The number of hydrogen-bond donors (Lipinski definition) is 0. The first-order valence-electron chi connectivity index (χ1n) is 8.71. The quantitative estimate of drug-likeness (QED) is 0.280. The Labute approximate surface area is 160 Å². The number of thioether (sulfide) groups is 1. The number of nitrogens with zero attached hydrogens (tertiary/aromatic N) is 1. The molecule has 0 atom stereocenters. The molecule has 0 fully saturated rings. The zero-order chi connectivity index (χ0) is 18.9. The summed E-state index contributed by atoms with van der Waals surface area (Å²) in [5, 5.41) is 0. The van der Waals surface area contributed by atoms with Crippen molar-refractivity contribution in [3.63, 3.8) is 0 Å². The molecule has 140 valence electrons. The van der Waals surface area contributed by atoms with Gasteiger partial charge in [-0.25, -0.2) is 4.57 Å². The van der Waals surface area contributed by atoms with Gasteiger partial charge < -0.3 is 13.7 Å². The highest BCUT2D eigenvalue weighted by atomic mass is 32.2. The van der Waals surface area contributed by atoms with E-state index in [1.165, 1.54) is 4.91 Å². The van der Waals surface area contributed by atoms with Crippen LogP contribution in [-0.2, 0) is 11.1 Å². The van der Waals surface area contributed by atoms with Crippen LogP contribution in [0.4, 0.5) is 0 Å². The van der Waals surface area contributed by atoms with E-state index in [1.807, 2.05) is 36.7 Å². The van der Waals surface area contributed by atoms with Gasteiger partial charge in [-0.2, -0.15) is 4.57 Å². The third-order valence-corrected chi connectivity index (χ3v) is 5.44. The van der Waals surface area contributed by atoms with Crippen LogP contribution in [0, 0.1) is 0 Å². The lowest BCUT2D eigenvalue weighted by molar-refractivity contribution is -0.685. The number of methoxy groups -OCH3 is 1. The van der Waals surface area contributed by atoms with Crippen LogP contribution < -0.4 is 13.8 Å². The predicted molar refractivity (Wildman–Crippen MR) is 104 cm³/mol. The van der Waals surface area contributed by atoms with Gasteiger partial charge in [0.2, 0.25) is 5.76 Å². The average molecular weight is 394 g/mol. The van der Waals surface area contributed by atoms with Crippen molar-refractivity contribution >= 4 is 20.4 Å². The molecule has 2 rings (SSSR count). The predicted octanol–water partition coefficient (Wildman–Crippen LogP) is 6.03. The lowest BCUT2D eigenvalue weighted by Gasteiger charge is -2.14. The zero-order valence-electron chi connectivity index (χ0n) is 15.7. The lowest BCUT2D eigenvalue weighted by Crippen LogP contribution is -2.35. The number of aryl methyl sites for hydroxylation is 1. The molecule has 0 aliphatic rings. The Kier molecular flexibility index (Phi) is 8.20. The molecule has 5 nitrogen and oxygen atoms in total. The lowest BCUT2D eigenvalue weighted by atomic mass is 10.2. The van der Waals surface area contributed by atoms with E-state index in [-0.39, 0.29) is 0 Å². The van der Waals surface area contributed by atoms with Gasteiger partial charge in [0.05, 0.1) is 13.4 Å². The number of unbranched alkanes of at least 4 members (excludes halogenated alkanes) is 1. The van der Waals surface area contributed by atoms with Crippen LogP contribution in [0.3, 0.4) is 0 Å². The van der Waals surface area contributed by atoms with E-state index in [4.69, 9.17) is 13.7 Å². The summed E-state index contributed by atoms with van der Waals surface area (Å²) < 4.78 is 29.9. The number of hydrogen-bond acceptors (Lipinski definition) is 5. The largest absolute Gasteiger partial charge is 0.491 e. The van der Waals surface area contributed by atoms with Crippen molar-refractivity contribution in [2.24, 2.45) is 0 Å². The van der Waals surface area contributed by atoms with Gasteiger partial charge in [0.15, 0.2) is 11.9 Å². The molecule has 0 saturated carbocycles. The smallest absolute Gasteiger partial charge is 0.396 e. The summed E-state index contributed by atoms with van der Waals surface area (Å²) in [5.74, 6) is 1.61. The molecule has 2 aromatic heterocycles. The van der Waals surface area contributed by atoms with Gasteiger partial charge in [0, 0.05) is 0 Å². The molecular weight excluding hydrogens is 369 g/mol. The Bertz CT molecular complexity index is 759. The first kappa shape index (κ1) is 20.5. The molecule has 0 bridgehead atoms. The van der Waals surface area contributed by atoms with E-state index in [0.29, 0.717) is 29.5 Å². The van der Waals surface area contributed by atoms with Gasteiger partial charge in [-0.05, 0) is 43.7 Å². The van der Waals surface area contributed by atoms with Crippen molar-refractivity contribution < 1.29 is 22.8 Å². The molecule has 0 spiro atoms. The van der Waals surface area contributed by atoms with Crippen molar-refractivity contribution in [1.82, 2.24) is 0 Å². The van der Waals surface area contributed by atoms with Crippen molar-refractivity contribution in [2.75, 3.05) is 7.11 Å². The second kappa shape index (κ2) is 10.4. The number of aromatic nitrogens is 1. The van der Waals surface area contributed by atoms with Crippen molar-refractivity contribution in [2.45, 2.75) is 51.5 Å². The van der Waals surface area contributed by atoms with E-state index in [1.54, 1.807) is 25.1 Å². The number of ether oxygens (including phenoxy) is 1. The Balaban J connectivity index is 2.59. The fourth-order valence-electron chi connectivity index (χ4n) is 2.67. The molecule has 2 aromatic rings. The summed E-state index contributed by atoms with van der Waals surface area (Å²) in [5.41, 5.74) is 0.706. The first-order valence-corrected chi connectivity index (χ1v) is 10.3. The topological polar surface area (TPSA) is 52.5 Å². The van der Waals surface area contributed by atoms with Gasteiger partial charge in [0.1, 0.15) is 11.4 Å². The van der Waals surface area contributed by atoms with Gasteiger partial charge in [-0.1, -0.05) is 31.2 Å². The summed E-state index contributed by atoms with van der Waals surface area (Å²) in [7, 11) is 1.15. The minimum Gasteiger partial charge on any atom is -0.491 e. The fraction of sp³-hybridized carbons (Fsp3) is 0.421. The van der Waals surface area contributed by atoms with Gasteiger partial charge >= 0.3 is 8.69 Å². The molecular formula is C19H25NO4PS+. The van der Waals surface area contributed by atoms with Crippen LogP contribution in [0.5, 0.6) is 11.5 Å². The number of furan rings is 1. The normalized spacial score (nSPS) is 11.8. The molecule has 0 saturated heterocycles. The first-order chi connectivity index (χ1) is 12.7. The van der Waals surface area contributed by atoms with Crippen molar-refractivity contribution in [1.29, 1.82) is 0 Å². The SMILES string of the molecule is CC=C(CCCC)Sc1c[n+](CC)c(-c2ccco2)c(OP=O)c1OC. The number of pyridine rings is 1. The van der Waals surface area contributed by atoms with E-state index in [9.17, 15) is 4.57 Å². The Morgan fingerprint density at radius 2 is 2.19 bits per heavy atom. The van der Waals surface area contributed by atoms with Crippen LogP contribution in [0.2, 0.25) is 0 Å². The number of allylic oxidation sites excluding steroid dienone is 2. The fourth-order valence-corrected chi connectivity index (χ4v) is 4.00. The highest BCUT2D eigenvalue weighted by Crippen LogP contribution is 2.45. The summed E-state index contributed by atoms with van der Waals surface area (Å²) in [4.78, 5) is 2.19. The summed E-state index contributed by atoms with van der Waals surface area (Å²) in [6, 6.07) is 3.66. The molecule has 0 N–H and O–H groups in total. The van der Waals surface area contributed by atoms with Gasteiger partial charge in [-0.15, -0.1) is 0 Å². The van der Waals surface area contributed by atoms with E-state index < -0.39 is 8.69 Å². The maximum absolute atomic E-state index is 11.3. The molecule has 0 radical (unpaired) electrons. The van der Waals surface area contributed by atoms with Crippen LogP contribution >= 0.6 is 20.4 Å². The third-order valence-electron chi connectivity index (χ3n) is 3.97. The molecule has 0 aliphatic carbocycles. The molecule has 2 heterocycles. The van der Waals surface area contributed by atoms with Crippen molar-refractivity contribution in [3.05, 3.63) is 35.6 Å². The maximum Gasteiger partial charge on any atom is 0.396 e. The molecule has 0 unspecified atom stereocenters. The molecule has 7 heteroatoms. The van der Waals surface area contributed by atoms with Crippen LogP contribution in [0.25, 0.3) is 11.5 Å². The highest BCUT2D eigenvalue weighted by molar-refractivity contribution is 8.03. The Hall–Kier alpha value is -1.78. The third kappa shape index (κ3) is 4.68. The zero-order valence-corrected chi connectivity index (χ0v) is 17.4. The van der Waals surface area contributed by atoms with Gasteiger partial charge in [0.25, 0.3) is 11.4 Å². The average Bonchev–Trinajstić information content (AvgIpc) is 3.19. The number of rotatable bonds is 10. The van der Waals surface area contributed by atoms with Crippen LogP contribution in [-0.4, -0.2) is 7.11 Å². The molecule has 26 heavy (non-hydrogen) atoms. The molecule has 0 aromatic carbocycles. The van der Waals surface area contributed by atoms with Crippen LogP contribution in [0.15, 0.2) is 44.9 Å². The van der Waals surface area contributed by atoms with E-state index in [0.717, 1.165) is 24.2 Å². The summed E-state index contributed by atoms with van der Waals surface area (Å²) in [6.45, 7) is 6.98. The summed E-state index contributed by atoms with van der Waals surface area (Å²) in [6.07, 6.45) is 9.06. The molecule has 0 amide bonds. The Morgan fingerprint density at radius 3 is 2.73 bits per heavy atom. The second-order valence-corrected chi connectivity index (χ2v) is 7.09. The minimum absolute atomic E-state index is 0.414. The maximum atomic E-state index is 11.3. The van der Waals surface area contributed by atoms with Crippen LogP contribution in [0.1, 0.15) is 40.0 Å². The van der Waals surface area contributed by atoms with Crippen molar-refractivity contribution in [3.8, 4) is 23.0 Å². The molecule has 0 aliphatic heterocycles. The highest BCUT2D eigenvalue weighted by Gasteiger charge is 2.30. The standard InChI is InChI=1S/C19H25NO4PS/c1-5-8-10-14(6-2)26-16-13-20(7-3)17(15-11-9-12-23-15)19(24-25-21)18(16)22-4/h6,9,11-13H,5,7-8,10H2,1-4H3/q+1. The minimum atomic E-state index is -0.440. The summed E-state index contributed by atoms with van der Waals surface area (Å²) >= 11 is 1.65. The monoisotopic (exact) mass is 394 g/mol. The Morgan fingerprint density at radius 1 is 1.38 bits per heavy atom. The van der Waals surface area contributed by atoms with Gasteiger partial charge in [-0.3, -0.25) is 0 Å².